The number of benzene rings is 1. The summed E-state index contributed by atoms with van der Waals surface area (Å²) in [6, 6.07) is 5.84. The van der Waals surface area contributed by atoms with Crippen molar-refractivity contribution in [3.05, 3.63) is 34.3 Å². The van der Waals surface area contributed by atoms with Crippen LogP contribution in [0.3, 0.4) is 0 Å². The summed E-state index contributed by atoms with van der Waals surface area (Å²) in [4.78, 5) is 4.39. The van der Waals surface area contributed by atoms with E-state index in [0.717, 1.165) is 16.1 Å². The average molecular weight is 226 g/mol. The van der Waals surface area contributed by atoms with Gasteiger partial charge in [-0.2, -0.15) is 0 Å². The quantitative estimate of drug-likeness (QED) is 0.351. The molecule has 0 radical (unpaired) electrons. The van der Waals surface area contributed by atoms with Crippen molar-refractivity contribution in [1.82, 2.24) is 5.43 Å². The van der Waals surface area contributed by atoms with Crippen LogP contribution in [0.1, 0.15) is 25.0 Å². The maximum Gasteiger partial charge on any atom is 0.143 e. The molecule has 0 saturated carbocycles. The molecule has 1 rings (SSSR count). The number of rotatable bonds is 2. The third-order valence-corrected chi connectivity index (χ3v) is 2.20. The molecule has 1 aromatic carbocycles. The first-order valence-electron chi connectivity index (χ1n) is 4.85. The lowest BCUT2D eigenvalue weighted by molar-refractivity contribution is 0.820. The number of amidine groups is 1. The molecule has 0 aromatic heterocycles. The number of aliphatic imine (C=N–C) groups is 1. The Hall–Kier alpha value is -1.06. The summed E-state index contributed by atoms with van der Waals surface area (Å²) in [7, 11) is 0. The van der Waals surface area contributed by atoms with Crippen molar-refractivity contribution in [1.29, 1.82) is 0 Å². The predicted molar refractivity (Wildman–Crippen MR) is 65.2 cm³/mol. The Balaban J connectivity index is 3.13. The zero-order chi connectivity index (χ0) is 11.4. The van der Waals surface area contributed by atoms with Crippen LogP contribution in [0.2, 0.25) is 5.02 Å². The molecule has 0 unspecified atom stereocenters. The molecular formula is C11H16ClN3. The number of nitrogens with one attached hydrogen (secondary N) is 1. The predicted octanol–water partition coefficient (Wildman–Crippen LogP) is 2.27. The van der Waals surface area contributed by atoms with E-state index in [9.17, 15) is 0 Å². The van der Waals surface area contributed by atoms with Crippen LogP contribution in [-0.2, 0) is 0 Å². The molecule has 0 bridgehead atoms. The summed E-state index contributed by atoms with van der Waals surface area (Å²) in [6.07, 6.45) is 0. The van der Waals surface area contributed by atoms with E-state index in [0.29, 0.717) is 5.84 Å². The molecule has 0 heterocycles. The number of hydrogen-bond acceptors (Lipinski definition) is 2. The van der Waals surface area contributed by atoms with Gasteiger partial charge in [0.15, 0.2) is 0 Å². The van der Waals surface area contributed by atoms with Crippen LogP contribution in [0.15, 0.2) is 23.2 Å². The molecular weight excluding hydrogens is 210 g/mol. The largest absolute Gasteiger partial charge is 0.308 e. The molecule has 0 spiro atoms. The standard InChI is InChI=1S/C11H16ClN3/c1-7(2)14-11(15-13)10-5-4-9(12)6-8(10)3/h4-7H,13H2,1-3H3,(H,14,15). The molecule has 0 saturated heterocycles. The van der Waals surface area contributed by atoms with Crippen LogP contribution < -0.4 is 11.3 Å². The van der Waals surface area contributed by atoms with Gasteiger partial charge in [-0.15, -0.1) is 0 Å². The smallest absolute Gasteiger partial charge is 0.143 e. The van der Waals surface area contributed by atoms with E-state index in [2.05, 4.69) is 10.4 Å². The summed E-state index contributed by atoms with van der Waals surface area (Å²) in [5.41, 5.74) is 4.65. The lowest BCUT2D eigenvalue weighted by atomic mass is 10.1. The van der Waals surface area contributed by atoms with Gasteiger partial charge in [0, 0.05) is 16.6 Å². The molecule has 3 nitrogen and oxygen atoms in total. The normalized spacial score (nSPS) is 12.0. The van der Waals surface area contributed by atoms with Gasteiger partial charge in [0.1, 0.15) is 5.84 Å². The molecule has 0 aliphatic rings. The van der Waals surface area contributed by atoms with Crippen molar-refractivity contribution >= 4 is 17.4 Å². The monoisotopic (exact) mass is 225 g/mol. The van der Waals surface area contributed by atoms with Crippen molar-refractivity contribution in [3.8, 4) is 0 Å². The Labute approximate surface area is 95.3 Å². The minimum absolute atomic E-state index is 0.200. The Bertz CT molecular complexity index is 372. The van der Waals surface area contributed by atoms with Crippen LogP contribution in [0.4, 0.5) is 0 Å². The van der Waals surface area contributed by atoms with Crippen molar-refractivity contribution < 1.29 is 0 Å². The summed E-state index contributed by atoms with van der Waals surface area (Å²) >= 11 is 5.88. The van der Waals surface area contributed by atoms with E-state index in [4.69, 9.17) is 17.4 Å². The molecule has 1 aromatic rings. The molecule has 82 valence electrons. The van der Waals surface area contributed by atoms with Gasteiger partial charge < -0.3 is 5.43 Å². The first-order valence-corrected chi connectivity index (χ1v) is 5.23. The van der Waals surface area contributed by atoms with Crippen molar-refractivity contribution in [3.63, 3.8) is 0 Å². The number of hydrazine groups is 1. The number of nitrogens with two attached hydrogens (primary N) is 1. The fourth-order valence-corrected chi connectivity index (χ4v) is 1.56. The van der Waals surface area contributed by atoms with E-state index in [-0.39, 0.29) is 6.04 Å². The summed E-state index contributed by atoms with van der Waals surface area (Å²) in [5, 5.41) is 0.720. The van der Waals surface area contributed by atoms with E-state index in [1.54, 1.807) is 0 Å². The molecule has 0 atom stereocenters. The van der Waals surface area contributed by atoms with Gasteiger partial charge in [0.25, 0.3) is 0 Å². The average Bonchev–Trinajstić information content (AvgIpc) is 2.14. The van der Waals surface area contributed by atoms with Crippen LogP contribution >= 0.6 is 11.6 Å². The van der Waals surface area contributed by atoms with E-state index in [1.165, 1.54) is 0 Å². The molecule has 4 heteroatoms. The number of hydrogen-bond donors (Lipinski definition) is 2. The maximum absolute atomic E-state index is 5.88. The van der Waals surface area contributed by atoms with Gasteiger partial charge in [0.05, 0.1) is 0 Å². The molecule has 3 N–H and O–H groups in total. The highest BCUT2D eigenvalue weighted by molar-refractivity contribution is 6.30. The summed E-state index contributed by atoms with van der Waals surface area (Å²) in [5.74, 6) is 6.14. The Morgan fingerprint density at radius 1 is 1.47 bits per heavy atom. The summed E-state index contributed by atoms with van der Waals surface area (Å²) in [6.45, 7) is 5.99. The minimum atomic E-state index is 0.200. The zero-order valence-electron chi connectivity index (χ0n) is 9.21. The highest BCUT2D eigenvalue weighted by Crippen LogP contribution is 2.15. The topological polar surface area (TPSA) is 50.4 Å². The van der Waals surface area contributed by atoms with Crippen molar-refractivity contribution in [2.45, 2.75) is 26.8 Å². The highest BCUT2D eigenvalue weighted by Gasteiger charge is 2.06. The third kappa shape index (κ3) is 3.22. The Morgan fingerprint density at radius 3 is 2.60 bits per heavy atom. The van der Waals surface area contributed by atoms with Crippen LogP contribution in [0.5, 0.6) is 0 Å². The lowest BCUT2D eigenvalue weighted by Gasteiger charge is -2.10. The molecule has 0 aliphatic heterocycles. The Morgan fingerprint density at radius 2 is 2.13 bits per heavy atom. The van der Waals surface area contributed by atoms with Crippen molar-refractivity contribution in [2.75, 3.05) is 0 Å². The van der Waals surface area contributed by atoms with Crippen LogP contribution in [0, 0.1) is 6.92 Å². The van der Waals surface area contributed by atoms with E-state index < -0.39 is 0 Å². The SMILES string of the molecule is Cc1cc(Cl)ccc1C(=NC(C)C)NN. The minimum Gasteiger partial charge on any atom is -0.308 e. The van der Waals surface area contributed by atoms with Gasteiger partial charge in [-0.3, -0.25) is 4.99 Å². The molecule has 0 fully saturated rings. The Kier molecular flexibility index (Phi) is 4.12. The third-order valence-electron chi connectivity index (χ3n) is 1.97. The molecule has 0 aliphatic carbocycles. The van der Waals surface area contributed by atoms with Gasteiger partial charge >= 0.3 is 0 Å². The van der Waals surface area contributed by atoms with Gasteiger partial charge in [0.2, 0.25) is 0 Å². The first kappa shape index (κ1) is 12.0. The number of aryl methyl sites for hydroxylation is 1. The number of nitrogens with zero attached hydrogens (tertiary/aromatic N) is 1. The van der Waals surface area contributed by atoms with Gasteiger partial charge in [-0.1, -0.05) is 11.6 Å². The van der Waals surface area contributed by atoms with Gasteiger partial charge in [-0.25, -0.2) is 5.84 Å². The second kappa shape index (κ2) is 5.14. The van der Waals surface area contributed by atoms with Crippen LogP contribution in [-0.4, -0.2) is 11.9 Å². The first-order chi connectivity index (χ1) is 7.04. The van der Waals surface area contributed by atoms with E-state index in [1.807, 2.05) is 39.0 Å². The maximum atomic E-state index is 5.88. The second-order valence-electron chi connectivity index (χ2n) is 3.68. The van der Waals surface area contributed by atoms with Crippen molar-refractivity contribution in [2.24, 2.45) is 10.8 Å². The summed E-state index contributed by atoms with van der Waals surface area (Å²) < 4.78 is 0. The highest BCUT2D eigenvalue weighted by atomic mass is 35.5. The van der Waals surface area contributed by atoms with Gasteiger partial charge in [-0.05, 0) is 44.5 Å². The molecule has 0 amide bonds. The van der Waals surface area contributed by atoms with E-state index >= 15 is 0 Å². The second-order valence-corrected chi connectivity index (χ2v) is 4.11. The fourth-order valence-electron chi connectivity index (χ4n) is 1.34. The fraction of sp³-hybridized carbons (Fsp3) is 0.364. The van der Waals surface area contributed by atoms with Crippen LogP contribution in [0.25, 0.3) is 0 Å². The lowest BCUT2D eigenvalue weighted by Crippen LogP contribution is -2.32. The molecule has 15 heavy (non-hydrogen) atoms. The zero-order valence-corrected chi connectivity index (χ0v) is 9.97. The number of halogens is 1.